The Morgan fingerprint density at radius 3 is 2.52 bits per heavy atom. The molecule has 150 valence electrons. The zero-order valence-electron chi connectivity index (χ0n) is 16.7. The maximum absolute atomic E-state index is 12.9. The lowest BCUT2D eigenvalue weighted by Crippen LogP contribution is -2.37. The Morgan fingerprint density at radius 2 is 1.79 bits per heavy atom. The normalized spacial score (nSPS) is 11.9. The second kappa shape index (κ2) is 8.82. The van der Waals surface area contributed by atoms with E-state index >= 15 is 0 Å². The highest BCUT2D eigenvalue weighted by Crippen LogP contribution is 2.23. The van der Waals surface area contributed by atoms with E-state index in [4.69, 9.17) is 4.74 Å². The van der Waals surface area contributed by atoms with Crippen molar-refractivity contribution in [2.45, 2.75) is 33.3 Å². The van der Waals surface area contributed by atoms with Crippen LogP contribution in [-0.2, 0) is 16.0 Å². The van der Waals surface area contributed by atoms with Crippen molar-refractivity contribution in [1.82, 2.24) is 10.3 Å². The van der Waals surface area contributed by atoms with Crippen molar-refractivity contribution in [3.63, 3.8) is 0 Å². The van der Waals surface area contributed by atoms with Crippen LogP contribution in [-0.4, -0.2) is 29.5 Å². The van der Waals surface area contributed by atoms with Crippen LogP contribution in [0.5, 0.6) is 0 Å². The molecular weight excluding hydrogens is 371 g/mol. The summed E-state index contributed by atoms with van der Waals surface area (Å²) < 4.78 is 18.3. The number of carbonyl (C=O) groups is 2. The van der Waals surface area contributed by atoms with Crippen molar-refractivity contribution in [1.29, 1.82) is 0 Å². The van der Waals surface area contributed by atoms with Gasteiger partial charge in [0.25, 0.3) is 5.91 Å². The average molecular weight is 394 g/mol. The quantitative estimate of drug-likeness (QED) is 0.644. The number of aromatic nitrogens is 1. The smallest absolute Gasteiger partial charge is 0.341 e. The van der Waals surface area contributed by atoms with Crippen LogP contribution in [0, 0.1) is 19.7 Å². The maximum Gasteiger partial charge on any atom is 0.341 e. The first-order valence-electron chi connectivity index (χ1n) is 9.46. The lowest BCUT2D eigenvalue weighted by atomic mass is 10.0. The third kappa shape index (κ3) is 4.77. The number of esters is 1. The molecule has 1 amide bonds. The number of ether oxygens (including phenoxy) is 1. The molecule has 1 heterocycles. The number of nitrogens with zero attached hydrogens (tertiary/aromatic N) is 1. The minimum atomic E-state index is -0.944. The van der Waals surface area contributed by atoms with Gasteiger partial charge in [-0.15, -0.1) is 0 Å². The lowest BCUT2D eigenvalue weighted by molar-refractivity contribution is -0.129. The zero-order valence-corrected chi connectivity index (χ0v) is 16.7. The molecule has 1 atom stereocenters. The number of fused-ring (bicyclic) bond motifs is 1. The number of hydrogen-bond acceptors (Lipinski definition) is 4. The Morgan fingerprint density at radius 1 is 1.10 bits per heavy atom. The van der Waals surface area contributed by atoms with Crippen LogP contribution >= 0.6 is 0 Å². The fraction of sp³-hybridized carbons (Fsp3) is 0.261. The molecule has 6 heteroatoms. The van der Waals surface area contributed by atoms with E-state index in [-0.39, 0.29) is 11.7 Å². The predicted molar refractivity (Wildman–Crippen MR) is 109 cm³/mol. The Hall–Kier alpha value is -3.28. The van der Waals surface area contributed by atoms with Gasteiger partial charge in [-0.1, -0.05) is 30.3 Å². The molecule has 0 bridgehead atoms. The fourth-order valence-electron chi connectivity index (χ4n) is 3.23. The first-order valence-corrected chi connectivity index (χ1v) is 9.46. The van der Waals surface area contributed by atoms with Crippen molar-refractivity contribution >= 4 is 22.8 Å². The molecule has 3 aromatic rings. The Bertz CT molecular complexity index is 1050. The summed E-state index contributed by atoms with van der Waals surface area (Å²) in [6.45, 7) is 5.50. The van der Waals surface area contributed by atoms with E-state index in [9.17, 15) is 14.0 Å². The van der Waals surface area contributed by atoms with Crippen LogP contribution < -0.4 is 5.32 Å². The van der Waals surface area contributed by atoms with Crippen LogP contribution in [0.15, 0.2) is 48.5 Å². The fourth-order valence-corrected chi connectivity index (χ4v) is 3.23. The summed E-state index contributed by atoms with van der Waals surface area (Å²) in [4.78, 5) is 29.4. The number of pyridine rings is 1. The number of nitrogens with one attached hydrogen (secondary N) is 1. The summed E-state index contributed by atoms with van der Waals surface area (Å²) in [5, 5.41) is 3.61. The van der Waals surface area contributed by atoms with Crippen LogP contribution in [0.3, 0.4) is 0 Å². The monoisotopic (exact) mass is 394 g/mol. The SMILES string of the molecule is Cc1nc2ccccc2c(C)c1C(=O)O[C@@H](C)C(=O)NCCc1ccc(F)cc1. The number of hydrogen-bond donors (Lipinski definition) is 1. The van der Waals surface area contributed by atoms with Crippen molar-refractivity contribution in [3.05, 3.63) is 76.7 Å². The van der Waals surface area contributed by atoms with Crippen molar-refractivity contribution in [2.24, 2.45) is 0 Å². The molecule has 0 aliphatic rings. The minimum Gasteiger partial charge on any atom is -0.449 e. The molecule has 0 saturated heterocycles. The van der Waals surface area contributed by atoms with Gasteiger partial charge in [0.1, 0.15) is 5.82 Å². The molecule has 0 unspecified atom stereocenters. The Balaban J connectivity index is 1.62. The first-order chi connectivity index (χ1) is 13.9. The number of aryl methyl sites for hydroxylation is 2. The molecule has 0 saturated carbocycles. The molecular formula is C23H23FN2O3. The van der Waals surface area contributed by atoms with Gasteiger partial charge in [0, 0.05) is 11.9 Å². The second-order valence-electron chi connectivity index (χ2n) is 6.93. The molecule has 0 fully saturated rings. The number of para-hydroxylation sites is 1. The van der Waals surface area contributed by atoms with Gasteiger partial charge in [-0.3, -0.25) is 9.78 Å². The summed E-state index contributed by atoms with van der Waals surface area (Å²) in [6.07, 6.45) is -0.388. The van der Waals surface area contributed by atoms with Gasteiger partial charge < -0.3 is 10.1 Å². The molecule has 0 spiro atoms. The highest BCUT2D eigenvalue weighted by Gasteiger charge is 2.23. The third-order valence-electron chi connectivity index (χ3n) is 4.82. The zero-order chi connectivity index (χ0) is 21.0. The number of amides is 1. The highest BCUT2D eigenvalue weighted by molar-refractivity contribution is 5.99. The van der Waals surface area contributed by atoms with Gasteiger partial charge >= 0.3 is 5.97 Å². The topological polar surface area (TPSA) is 68.3 Å². The summed E-state index contributed by atoms with van der Waals surface area (Å²) >= 11 is 0. The molecule has 1 aromatic heterocycles. The summed E-state index contributed by atoms with van der Waals surface area (Å²) in [6, 6.07) is 13.7. The van der Waals surface area contributed by atoms with Crippen LogP contribution in [0.25, 0.3) is 10.9 Å². The minimum absolute atomic E-state index is 0.299. The van der Waals surface area contributed by atoms with E-state index < -0.39 is 12.1 Å². The molecule has 2 aromatic carbocycles. The predicted octanol–water partition coefficient (Wildman–Crippen LogP) is 3.89. The number of halogens is 1. The third-order valence-corrected chi connectivity index (χ3v) is 4.82. The van der Waals surface area contributed by atoms with E-state index in [1.807, 2.05) is 31.2 Å². The highest BCUT2D eigenvalue weighted by atomic mass is 19.1. The molecule has 3 rings (SSSR count). The van der Waals surface area contributed by atoms with Gasteiger partial charge in [0.05, 0.1) is 16.8 Å². The molecule has 0 aliphatic heterocycles. The summed E-state index contributed by atoms with van der Waals surface area (Å²) in [5.74, 6) is -1.25. The number of rotatable bonds is 6. The van der Waals surface area contributed by atoms with E-state index in [1.54, 1.807) is 19.1 Å². The lowest BCUT2D eigenvalue weighted by Gasteiger charge is -2.16. The number of benzene rings is 2. The molecule has 1 N–H and O–H groups in total. The van der Waals surface area contributed by atoms with Crippen molar-refractivity contribution < 1.29 is 18.7 Å². The summed E-state index contributed by atoms with van der Waals surface area (Å²) in [7, 11) is 0. The van der Waals surface area contributed by atoms with E-state index in [2.05, 4.69) is 10.3 Å². The number of carbonyl (C=O) groups excluding carboxylic acids is 2. The Labute approximate surface area is 168 Å². The van der Waals surface area contributed by atoms with Crippen LogP contribution in [0.4, 0.5) is 4.39 Å². The van der Waals surface area contributed by atoms with Crippen LogP contribution in [0.2, 0.25) is 0 Å². The van der Waals surface area contributed by atoms with Crippen molar-refractivity contribution in [3.8, 4) is 0 Å². The van der Waals surface area contributed by atoms with E-state index in [0.717, 1.165) is 22.0 Å². The second-order valence-corrected chi connectivity index (χ2v) is 6.93. The first kappa shape index (κ1) is 20.5. The molecule has 0 aliphatic carbocycles. The molecule has 29 heavy (non-hydrogen) atoms. The van der Waals surface area contributed by atoms with E-state index in [0.29, 0.717) is 24.2 Å². The average Bonchev–Trinajstić information content (AvgIpc) is 2.69. The van der Waals surface area contributed by atoms with Crippen LogP contribution in [0.1, 0.15) is 34.1 Å². The standard InChI is InChI=1S/C23H23FN2O3/c1-14-19-6-4-5-7-20(19)26-15(2)21(14)23(28)29-16(3)22(27)25-13-12-17-8-10-18(24)11-9-17/h4-11,16H,12-13H2,1-3H3,(H,25,27)/t16-/m0/s1. The van der Waals surface area contributed by atoms with Gasteiger partial charge in [-0.25, -0.2) is 9.18 Å². The van der Waals surface area contributed by atoms with Gasteiger partial charge in [0.2, 0.25) is 0 Å². The molecule has 5 nitrogen and oxygen atoms in total. The van der Waals surface area contributed by atoms with Gasteiger partial charge in [-0.2, -0.15) is 0 Å². The maximum atomic E-state index is 12.9. The van der Waals surface area contributed by atoms with Gasteiger partial charge in [0.15, 0.2) is 6.10 Å². The van der Waals surface area contributed by atoms with E-state index in [1.165, 1.54) is 19.1 Å². The summed E-state index contributed by atoms with van der Waals surface area (Å²) in [5.41, 5.74) is 3.45. The largest absolute Gasteiger partial charge is 0.449 e. The Kier molecular flexibility index (Phi) is 6.22. The molecule has 0 radical (unpaired) electrons. The van der Waals surface area contributed by atoms with Gasteiger partial charge in [-0.05, 0) is 56.5 Å². The van der Waals surface area contributed by atoms with Crippen molar-refractivity contribution in [2.75, 3.05) is 6.54 Å².